The van der Waals surface area contributed by atoms with E-state index in [1.807, 2.05) is 6.08 Å². The van der Waals surface area contributed by atoms with Crippen LogP contribution in [0.15, 0.2) is 24.3 Å². The summed E-state index contributed by atoms with van der Waals surface area (Å²) >= 11 is 0. The van der Waals surface area contributed by atoms with Gasteiger partial charge in [0.1, 0.15) is 0 Å². The van der Waals surface area contributed by atoms with Gasteiger partial charge in [0.25, 0.3) is 0 Å². The smallest absolute Gasteiger partial charge is 0.387 e. The number of phosphoric acid groups is 1. The van der Waals surface area contributed by atoms with Crippen molar-refractivity contribution in [2.75, 3.05) is 19.8 Å². The van der Waals surface area contributed by atoms with Crippen LogP contribution in [-0.2, 0) is 18.4 Å². The molecular weight excluding hydrogens is 635 g/mol. The van der Waals surface area contributed by atoms with E-state index in [-0.39, 0.29) is 25.7 Å². The van der Waals surface area contributed by atoms with E-state index in [2.05, 4.69) is 31.3 Å². The highest BCUT2D eigenvalue weighted by Gasteiger charge is 2.26. The van der Waals surface area contributed by atoms with Crippen LogP contribution in [0.1, 0.15) is 194 Å². The Morgan fingerprint density at radius 2 is 1.10 bits per heavy atom. The number of phosphoric ester groups is 1. The van der Waals surface area contributed by atoms with Crippen molar-refractivity contribution in [3.63, 3.8) is 0 Å². The third-order valence-corrected chi connectivity index (χ3v) is 9.99. The van der Waals surface area contributed by atoms with Crippen LogP contribution < -0.4 is 11.1 Å². The zero-order valence-corrected chi connectivity index (χ0v) is 32.8. The van der Waals surface area contributed by atoms with Crippen LogP contribution in [0.4, 0.5) is 0 Å². The molecule has 0 heterocycles. The van der Waals surface area contributed by atoms with Gasteiger partial charge in [0.2, 0.25) is 5.91 Å². The molecule has 0 aromatic heterocycles. The average molecular weight is 715 g/mol. The minimum absolute atomic E-state index is 0.0778. The van der Waals surface area contributed by atoms with Gasteiger partial charge < -0.3 is 21.1 Å². The monoisotopic (exact) mass is 715 g/mol. The predicted molar refractivity (Wildman–Crippen MR) is 208 cm³/mol. The van der Waals surface area contributed by atoms with Gasteiger partial charge >= 0.3 is 7.82 Å². The van der Waals surface area contributed by atoms with Gasteiger partial charge in [0.15, 0.2) is 0 Å². The molecule has 0 saturated heterocycles. The van der Waals surface area contributed by atoms with Crippen molar-refractivity contribution in [2.24, 2.45) is 5.73 Å². The first-order valence-corrected chi connectivity index (χ1v) is 22.0. The second-order valence-electron chi connectivity index (χ2n) is 13.8. The second kappa shape index (κ2) is 36.8. The van der Waals surface area contributed by atoms with Crippen molar-refractivity contribution in [3.05, 3.63) is 24.3 Å². The van der Waals surface area contributed by atoms with Crippen molar-refractivity contribution in [2.45, 2.75) is 206 Å². The number of aliphatic hydroxyl groups excluding tert-OH is 1. The second-order valence-corrected chi connectivity index (χ2v) is 15.3. The summed E-state index contributed by atoms with van der Waals surface area (Å²) in [6.07, 6.45) is 40.9. The molecule has 0 aliphatic heterocycles. The number of carbonyl (C=O) groups is 1. The number of hydrogen-bond acceptors (Lipinski definition) is 6. The maximum atomic E-state index is 12.7. The zero-order chi connectivity index (χ0) is 36.1. The molecule has 0 radical (unpaired) electrons. The summed E-state index contributed by atoms with van der Waals surface area (Å²) in [7, 11) is -4.33. The van der Waals surface area contributed by atoms with Crippen LogP contribution >= 0.6 is 7.82 Å². The summed E-state index contributed by atoms with van der Waals surface area (Å²) in [4.78, 5) is 22.6. The highest BCUT2D eigenvalue weighted by molar-refractivity contribution is 7.47. The van der Waals surface area contributed by atoms with Crippen LogP contribution in [0.3, 0.4) is 0 Å². The SMILES string of the molecule is CCC/C=C\CCCCCCCC(=O)NC(COP(=O)(O)OCCN)C(O)/C=C/CCCCCCCCCCCCCCCCCCCC. The maximum Gasteiger partial charge on any atom is 0.472 e. The van der Waals surface area contributed by atoms with Crippen LogP contribution in [-0.4, -0.2) is 47.8 Å². The Hall–Kier alpha value is -1.02. The van der Waals surface area contributed by atoms with Crippen LogP contribution in [0, 0.1) is 0 Å². The van der Waals surface area contributed by atoms with Crippen molar-refractivity contribution in [1.29, 1.82) is 0 Å². The number of aliphatic hydroxyl groups is 1. The van der Waals surface area contributed by atoms with E-state index in [4.69, 9.17) is 14.8 Å². The molecule has 0 aromatic carbocycles. The number of nitrogens with one attached hydrogen (secondary N) is 1. The molecule has 0 aliphatic carbocycles. The Labute approximate surface area is 302 Å². The molecule has 1 amide bonds. The van der Waals surface area contributed by atoms with Crippen molar-refractivity contribution < 1.29 is 28.4 Å². The first-order chi connectivity index (χ1) is 23.9. The van der Waals surface area contributed by atoms with Crippen LogP contribution in [0.5, 0.6) is 0 Å². The fourth-order valence-corrected chi connectivity index (χ4v) is 6.66. The van der Waals surface area contributed by atoms with E-state index >= 15 is 0 Å². The molecule has 0 bridgehead atoms. The molecule has 9 heteroatoms. The van der Waals surface area contributed by atoms with Gasteiger partial charge in [0.05, 0.1) is 25.4 Å². The number of rotatable bonds is 38. The first-order valence-electron chi connectivity index (χ1n) is 20.5. The lowest BCUT2D eigenvalue weighted by molar-refractivity contribution is -0.123. The summed E-state index contributed by atoms with van der Waals surface area (Å²) in [6.45, 7) is 4.06. The predicted octanol–water partition coefficient (Wildman–Crippen LogP) is 11.0. The minimum atomic E-state index is -4.33. The van der Waals surface area contributed by atoms with E-state index in [0.717, 1.165) is 64.2 Å². The highest BCUT2D eigenvalue weighted by Crippen LogP contribution is 2.43. The number of unbranched alkanes of at least 4 members (excludes halogenated alkanes) is 24. The summed E-state index contributed by atoms with van der Waals surface area (Å²) in [5.41, 5.74) is 5.36. The fraction of sp³-hybridized carbons (Fsp3) is 0.875. The van der Waals surface area contributed by atoms with Gasteiger partial charge in [-0.3, -0.25) is 13.8 Å². The Kier molecular flexibility index (Phi) is 36.0. The van der Waals surface area contributed by atoms with Crippen molar-refractivity contribution in [3.8, 4) is 0 Å². The van der Waals surface area contributed by atoms with Crippen LogP contribution in [0.2, 0.25) is 0 Å². The lowest BCUT2D eigenvalue weighted by Crippen LogP contribution is -2.45. The quantitative estimate of drug-likeness (QED) is 0.0284. The summed E-state index contributed by atoms with van der Waals surface area (Å²) < 4.78 is 22.0. The molecule has 5 N–H and O–H groups in total. The van der Waals surface area contributed by atoms with E-state index in [0.29, 0.717) is 6.42 Å². The van der Waals surface area contributed by atoms with Gasteiger partial charge in [-0.1, -0.05) is 173 Å². The third-order valence-electron chi connectivity index (χ3n) is 9.00. The molecule has 3 unspecified atom stereocenters. The molecule has 0 spiro atoms. The van der Waals surface area contributed by atoms with Gasteiger partial charge in [-0.25, -0.2) is 4.57 Å². The number of hydrogen-bond donors (Lipinski definition) is 4. The molecule has 290 valence electrons. The van der Waals surface area contributed by atoms with Gasteiger partial charge in [0, 0.05) is 13.0 Å². The molecule has 0 rings (SSSR count). The third kappa shape index (κ3) is 35.2. The summed E-state index contributed by atoms with van der Waals surface area (Å²) in [5, 5.41) is 13.6. The fourth-order valence-electron chi connectivity index (χ4n) is 5.90. The van der Waals surface area contributed by atoms with E-state index in [1.165, 1.54) is 109 Å². The Morgan fingerprint density at radius 1 is 0.653 bits per heavy atom. The minimum Gasteiger partial charge on any atom is -0.387 e. The van der Waals surface area contributed by atoms with Gasteiger partial charge in [-0.05, 0) is 38.5 Å². The molecule has 0 saturated carbocycles. The summed E-state index contributed by atoms with van der Waals surface area (Å²) in [6, 6.07) is -0.860. The number of nitrogens with two attached hydrogens (primary N) is 1. The van der Waals surface area contributed by atoms with E-state index in [1.54, 1.807) is 6.08 Å². The number of carbonyl (C=O) groups excluding carboxylic acids is 1. The largest absolute Gasteiger partial charge is 0.472 e. The zero-order valence-electron chi connectivity index (χ0n) is 31.9. The Bertz CT molecular complexity index is 825. The number of amides is 1. The first kappa shape index (κ1) is 48.0. The molecule has 0 aliphatic rings. The maximum absolute atomic E-state index is 12.7. The Balaban J connectivity index is 4.18. The average Bonchev–Trinajstić information content (AvgIpc) is 3.09. The summed E-state index contributed by atoms with van der Waals surface area (Å²) in [5.74, 6) is -0.206. The molecular formula is C40H79N2O6P. The van der Waals surface area contributed by atoms with E-state index < -0.39 is 20.0 Å². The lowest BCUT2D eigenvalue weighted by atomic mass is 10.0. The van der Waals surface area contributed by atoms with Gasteiger partial charge in [-0.15, -0.1) is 0 Å². The molecule has 0 fully saturated rings. The topological polar surface area (TPSA) is 131 Å². The molecule has 0 aromatic rings. The van der Waals surface area contributed by atoms with E-state index in [9.17, 15) is 19.4 Å². The normalized spacial score (nSPS) is 14.5. The van der Waals surface area contributed by atoms with Crippen molar-refractivity contribution >= 4 is 13.7 Å². The molecule has 8 nitrogen and oxygen atoms in total. The highest BCUT2D eigenvalue weighted by atomic mass is 31.2. The Morgan fingerprint density at radius 3 is 1.59 bits per heavy atom. The lowest BCUT2D eigenvalue weighted by Gasteiger charge is -2.23. The van der Waals surface area contributed by atoms with Gasteiger partial charge in [-0.2, -0.15) is 0 Å². The van der Waals surface area contributed by atoms with Crippen LogP contribution in [0.25, 0.3) is 0 Å². The molecule has 49 heavy (non-hydrogen) atoms. The number of allylic oxidation sites excluding steroid dienone is 3. The van der Waals surface area contributed by atoms with Crippen molar-refractivity contribution in [1.82, 2.24) is 5.32 Å². The standard InChI is InChI=1S/C40H79N2O6P/c1-3-5-7-9-11-13-15-16-17-18-19-20-21-22-23-24-25-27-29-31-33-39(43)38(37-48-49(45,46)47-36-35-41)42-40(44)34-32-30-28-26-14-12-10-8-6-4-2/h8,10,31,33,38-39,43H,3-7,9,11-30,32,34-37,41H2,1-2H3,(H,42,44)(H,45,46)/b10-8-,33-31+. The molecule has 3 atom stereocenters.